The maximum atomic E-state index is 13.5. The Bertz CT molecular complexity index is 798. The fourth-order valence-corrected chi connectivity index (χ4v) is 4.48. The van der Waals surface area contributed by atoms with Gasteiger partial charge in [0.15, 0.2) is 0 Å². The van der Waals surface area contributed by atoms with Crippen LogP contribution in [0.25, 0.3) is 0 Å². The molecule has 2 aliphatic heterocycles. The lowest BCUT2D eigenvalue weighted by Crippen LogP contribution is -2.55. The molecule has 3 heterocycles. The van der Waals surface area contributed by atoms with Gasteiger partial charge >= 0.3 is 0 Å². The predicted molar refractivity (Wildman–Crippen MR) is 108 cm³/mol. The van der Waals surface area contributed by atoms with E-state index in [0.717, 1.165) is 32.4 Å². The summed E-state index contributed by atoms with van der Waals surface area (Å²) in [6, 6.07) is 12.0. The van der Waals surface area contributed by atoms with E-state index >= 15 is 0 Å². The first-order valence-electron chi connectivity index (χ1n) is 10.2. The number of hydrogen-bond donors (Lipinski definition) is 2. The fourth-order valence-electron chi connectivity index (χ4n) is 4.48. The van der Waals surface area contributed by atoms with Crippen LogP contribution in [0.1, 0.15) is 48.0 Å². The van der Waals surface area contributed by atoms with Gasteiger partial charge in [0.2, 0.25) is 0 Å². The van der Waals surface area contributed by atoms with Gasteiger partial charge in [-0.1, -0.05) is 12.1 Å². The highest BCUT2D eigenvalue weighted by Crippen LogP contribution is 2.32. The number of pyridine rings is 1. The van der Waals surface area contributed by atoms with E-state index in [1.807, 2.05) is 43.6 Å². The van der Waals surface area contributed by atoms with Gasteiger partial charge in [0.1, 0.15) is 5.75 Å². The summed E-state index contributed by atoms with van der Waals surface area (Å²) in [5, 5.41) is 0. The van der Waals surface area contributed by atoms with Gasteiger partial charge in [-0.3, -0.25) is 20.6 Å². The first kappa shape index (κ1) is 18.9. The van der Waals surface area contributed by atoms with Crippen LogP contribution < -0.4 is 15.6 Å². The number of benzene rings is 1. The monoisotopic (exact) mass is 380 g/mol. The largest absolute Gasteiger partial charge is 0.493 e. The van der Waals surface area contributed by atoms with E-state index in [4.69, 9.17) is 4.74 Å². The summed E-state index contributed by atoms with van der Waals surface area (Å²) in [6.07, 6.45) is 6.87. The minimum Gasteiger partial charge on any atom is -0.493 e. The van der Waals surface area contributed by atoms with Gasteiger partial charge in [-0.05, 0) is 56.0 Å². The van der Waals surface area contributed by atoms with E-state index in [9.17, 15) is 4.79 Å². The molecule has 2 aromatic rings. The van der Waals surface area contributed by atoms with E-state index in [-0.39, 0.29) is 18.0 Å². The number of hydrazine groups is 1. The first-order chi connectivity index (χ1) is 13.8. The average Bonchev–Trinajstić information content (AvgIpc) is 3.24. The number of hydrogen-bond acceptors (Lipinski definition) is 5. The number of carbonyl (C=O) groups excluding carboxylic acids is 1. The van der Waals surface area contributed by atoms with Crippen molar-refractivity contribution in [2.75, 3.05) is 19.7 Å². The number of piperidine rings is 1. The second-order valence-corrected chi connectivity index (χ2v) is 7.43. The van der Waals surface area contributed by atoms with Crippen molar-refractivity contribution in [3.8, 4) is 5.75 Å². The predicted octanol–water partition coefficient (Wildman–Crippen LogP) is 2.74. The minimum absolute atomic E-state index is 0.0657. The third kappa shape index (κ3) is 3.75. The normalized spacial score (nSPS) is 24.9. The molecule has 3 unspecified atom stereocenters. The summed E-state index contributed by atoms with van der Waals surface area (Å²) < 4.78 is 5.72. The van der Waals surface area contributed by atoms with E-state index in [1.54, 1.807) is 0 Å². The number of nitrogens with zero attached hydrogens (tertiary/aromatic N) is 2. The van der Waals surface area contributed by atoms with Crippen LogP contribution in [0, 0.1) is 0 Å². The maximum absolute atomic E-state index is 13.5. The molecule has 6 heteroatoms. The van der Waals surface area contributed by atoms with Crippen molar-refractivity contribution < 1.29 is 9.53 Å². The summed E-state index contributed by atoms with van der Waals surface area (Å²) in [7, 11) is 0. The van der Waals surface area contributed by atoms with Gasteiger partial charge in [-0.2, -0.15) is 0 Å². The van der Waals surface area contributed by atoms with Crippen LogP contribution >= 0.6 is 0 Å². The van der Waals surface area contributed by atoms with Crippen LogP contribution in [-0.4, -0.2) is 47.6 Å². The molecule has 4 rings (SSSR count). The second-order valence-electron chi connectivity index (χ2n) is 7.43. The molecule has 2 saturated heterocycles. The Morgan fingerprint density at radius 2 is 2.04 bits per heavy atom. The molecule has 1 aromatic carbocycles. The Kier molecular flexibility index (Phi) is 5.88. The SMILES string of the molecule is CCOc1ccccc1C(=O)N1CCCCC1C1NNCC1c1ccncc1. The number of rotatable bonds is 5. The maximum Gasteiger partial charge on any atom is 0.257 e. The summed E-state index contributed by atoms with van der Waals surface area (Å²) in [4.78, 5) is 19.7. The number of para-hydroxylation sites is 1. The van der Waals surface area contributed by atoms with Crippen LogP contribution in [0.4, 0.5) is 0 Å². The quantitative estimate of drug-likeness (QED) is 0.835. The summed E-state index contributed by atoms with van der Waals surface area (Å²) in [6.45, 7) is 4.12. The van der Waals surface area contributed by atoms with E-state index in [0.29, 0.717) is 23.8 Å². The van der Waals surface area contributed by atoms with E-state index in [1.165, 1.54) is 5.56 Å². The van der Waals surface area contributed by atoms with Gasteiger partial charge in [0.05, 0.1) is 12.2 Å². The summed E-state index contributed by atoms with van der Waals surface area (Å²) >= 11 is 0. The average molecular weight is 380 g/mol. The molecule has 2 aliphatic rings. The van der Waals surface area contributed by atoms with Gasteiger partial charge in [0.25, 0.3) is 5.91 Å². The summed E-state index contributed by atoms with van der Waals surface area (Å²) in [5.41, 5.74) is 8.68. The molecule has 0 bridgehead atoms. The highest BCUT2D eigenvalue weighted by Gasteiger charge is 2.40. The zero-order chi connectivity index (χ0) is 19.3. The Morgan fingerprint density at radius 3 is 2.86 bits per heavy atom. The Labute approximate surface area is 166 Å². The van der Waals surface area contributed by atoms with Gasteiger partial charge in [0, 0.05) is 43.5 Å². The molecular weight excluding hydrogens is 352 g/mol. The van der Waals surface area contributed by atoms with Gasteiger partial charge < -0.3 is 9.64 Å². The Hall–Kier alpha value is -2.44. The van der Waals surface area contributed by atoms with Crippen LogP contribution in [0.3, 0.4) is 0 Å². The molecule has 1 amide bonds. The highest BCUT2D eigenvalue weighted by molar-refractivity contribution is 5.97. The number of nitrogens with one attached hydrogen (secondary N) is 2. The van der Waals surface area contributed by atoms with Gasteiger partial charge in [-0.15, -0.1) is 0 Å². The zero-order valence-corrected chi connectivity index (χ0v) is 16.3. The minimum atomic E-state index is 0.0657. The molecule has 6 nitrogen and oxygen atoms in total. The molecule has 0 radical (unpaired) electrons. The molecule has 0 spiro atoms. The fraction of sp³-hybridized carbons (Fsp3) is 0.455. The molecule has 2 fully saturated rings. The van der Waals surface area contributed by atoms with E-state index < -0.39 is 0 Å². The number of aromatic nitrogens is 1. The van der Waals surface area contributed by atoms with Crippen LogP contribution in [-0.2, 0) is 0 Å². The summed E-state index contributed by atoms with van der Waals surface area (Å²) in [5.74, 6) is 1.04. The van der Waals surface area contributed by atoms with Crippen molar-refractivity contribution in [1.29, 1.82) is 0 Å². The van der Waals surface area contributed by atoms with Crippen molar-refractivity contribution in [3.63, 3.8) is 0 Å². The zero-order valence-electron chi connectivity index (χ0n) is 16.3. The Morgan fingerprint density at radius 1 is 1.21 bits per heavy atom. The molecular formula is C22H28N4O2. The molecule has 28 heavy (non-hydrogen) atoms. The highest BCUT2D eigenvalue weighted by atomic mass is 16.5. The molecule has 2 N–H and O–H groups in total. The smallest absolute Gasteiger partial charge is 0.257 e. The standard InChI is InChI=1S/C22H28N4O2/c1-2-28-20-9-4-3-7-17(20)22(27)26-14-6-5-8-19(26)21-18(15-24-25-21)16-10-12-23-13-11-16/h3-4,7,9-13,18-19,21,24-25H,2,5-6,8,14-15H2,1H3. The van der Waals surface area contributed by atoms with Crippen molar-refractivity contribution in [2.45, 2.75) is 44.2 Å². The second kappa shape index (κ2) is 8.71. The number of amides is 1. The lowest BCUT2D eigenvalue weighted by molar-refractivity contribution is 0.0546. The third-order valence-corrected chi connectivity index (χ3v) is 5.80. The third-order valence-electron chi connectivity index (χ3n) is 5.80. The molecule has 1 aromatic heterocycles. The lowest BCUT2D eigenvalue weighted by atomic mass is 9.84. The molecule has 3 atom stereocenters. The molecule has 148 valence electrons. The lowest BCUT2D eigenvalue weighted by Gasteiger charge is -2.41. The van der Waals surface area contributed by atoms with Gasteiger partial charge in [-0.25, -0.2) is 0 Å². The van der Waals surface area contributed by atoms with Crippen LogP contribution in [0.15, 0.2) is 48.8 Å². The topological polar surface area (TPSA) is 66.5 Å². The van der Waals surface area contributed by atoms with Crippen molar-refractivity contribution in [1.82, 2.24) is 20.7 Å². The Balaban J connectivity index is 1.61. The van der Waals surface area contributed by atoms with E-state index in [2.05, 4.69) is 32.9 Å². The van der Waals surface area contributed by atoms with Crippen LogP contribution in [0.5, 0.6) is 5.75 Å². The number of likely N-dealkylation sites (tertiary alicyclic amines) is 1. The van der Waals surface area contributed by atoms with Crippen molar-refractivity contribution in [2.24, 2.45) is 0 Å². The molecule has 0 aliphatic carbocycles. The number of ether oxygens (including phenoxy) is 1. The van der Waals surface area contributed by atoms with Crippen molar-refractivity contribution in [3.05, 3.63) is 59.9 Å². The number of carbonyl (C=O) groups is 1. The first-order valence-corrected chi connectivity index (χ1v) is 10.2. The molecule has 0 saturated carbocycles. The van der Waals surface area contributed by atoms with Crippen LogP contribution in [0.2, 0.25) is 0 Å². The van der Waals surface area contributed by atoms with Crippen molar-refractivity contribution >= 4 is 5.91 Å².